The van der Waals surface area contributed by atoms with E-state index in [1.807, 2.05) is 24.3 Å². The van der Waals surface area contributed by atoms with Gasteiger partial charge < -0.3 is 41.0 Å². The van der Waals surface area contributed by atoms with Crippen LogP contribution in [0.5, 0.6) is 23.0 Å². The number of rotatable bonds is 19. The van der Waals surface area contributed by atoms with Crippen LogP contribution in [-0.2, 0) is 19.5 Å². The number of hydrogen-bond donors (Lipinski definition) is 7. The molecule has 0 unspecified atom stereocenters. The number of unbranched alkanes of at least 4 members (excludes halogenated alkanes) is 1. The maximum atomic E-state index is 11.1. The molecule has 1 aliphatic rings. The molecule has 0 amide bonds. The van der Waals surface area contributed by atoms with Crippen LogP contribution in [0, 0.1) is 0 Å². The third kappa shape index (κ3) is 12.5. The van der Waals surface area contributed by atoms with Crippen molar-refractivity contribution in [3.63, 3.8) is 0 Å². The van der Waals surface area contributed by atoms with E-state index >= 15 is 0 Å². The summed E-state index contributed by atoms with van der Waals surface area (Å²) in [6.45, 7) is 7.56. The number of ether oxygens (including phenoxy) is 2. The zero-order valence-corrected chi connectivity index (χ0v) is 26.2. The number of aromatic hydroxyl groups is 2. The average molecular weight is 611 g/mol. The molecular formula is C33H50N6O5. The third-order valence-electron chi connectivity index (χ3n) is 7.37. The third-order valence-corrected chi connectivity index (χ3v) is 7.37. The molecule has 1 heterocycles. The number of H-pyrrole nitrogens is 1. The van der Waals surface area contributed by atoms with E-state index in [4.69, 9.17) is 9.47 Å². The molecule has 0 aliphatic heterocycles. The van der Waals surface area contributed by atoms with Crippen molar-refractivity contribution in [3.05, 3.63) is 65.0 Å². The molecule has 242 valence electrons. The Morgan fingerprint density at radius 1 is 0.727 bits per heavy atom. The van der Waals surface area contributed by atoms with Gasteiger partial charge in [-0.1, -0.05) is 12.1 Å². The smallest absolute Gasteiger partial charge is 0.166 e. The molecule has 0 saturated carbocycles. The van der Waals surface area contributed by atoms with Gasteiger partial charge in [0.15, 0.2) is 28.8 Å². The van der Waals surface area contributed by atoms with Gasteiger partial charge >= 0.3 is 0 Å². The van der Waals surface area contributed by atoms with E-state index in [1.54, 1.807) is 32.5 Å². The first-order valence-electron chi connectivity index (χ1n) is 15.6. The summed E-state index contributed by atoms with van der Waals surface area (Å²) < 4.78 is 10.3. The highest BCUT2D eigenvalue weighted by Crippen LogP contribution is 2.27. The Kier molecular flexibility index (Phi) is 16.1. The molecule has 3 aromatic rings. The van der Waals surface area contributed by atoms with Crippen molar-refractivity contribution < 1.29 is 24.5 Å². The number of methoxy groups -OCH3 is 2. The number of carbonyl (C=O) groups excluding carboxylic acids is 1. The van der Waals surface area contributed by atoms with Crippen molar-refractivity contribution in [2.24, 2.45) is 0 Å². The topological polar surface area (TPSA) is 153 Å². The monoisotopic (exact) mass is 610 g/mol. The van der Waals surface area contributed by atoms with E-state index < -0.39 is 0 Å². The molecule has 0 bridgehead atoms. The maximum absolute atomic E-state index is 11.1. The summed E-state index contributed by atoms with van der Waals surface area (Å²) in [4.78, 5) is 11.1. The molecule has 7 N–H and O–H groups in total. The van der Waals surface area contributed by atoms with Crippen LogP contribution in [0.2, 0.25) is 0 Å². The normalized spacial score (nSPS) is 12.4. The van der Waals surface area contributed by atoms with Crippen LogP contribution < -0.4 is 30.7 Å². The number of hydrogen-bond acceptors (Lipinski definition) is 10. The van der Waals surface area contributed by atoms with Crippen molar-refractivity contribution in [2.45, 2.75) is 58.0 Å². The van der Waals surface area contributed by atoms with Crippen LogP contribution in [0.25, 0.3) is 0 Å². The van der Waals surface area contributed by atoms with Gasteiger partial charge in [0, 0.05) is 25.2 Å². The van der Waals surface area contributed by atoms with Crippen molar-refractivity contribution in [3.8, 4) is 23.0 Å². The largest absolute Gasteiger partial charge is 0.504 e. The highest BCUT2D eigenvalue weighted by Gasteiger charge is 2.17. The number of aromatic amines is 1. The lowest BCUT2D eigenvalue weighted by Gasteiger charge is -2.09. The quantitative estimate of drug-likeness (QED) is 0.100. The lowest BCUT2D eigenvalue weighted by atomic mass is 9.97. The summed E-state index contributed by atoms with van der Waals surface area (Å²) in [7, 11) is 3.12. The number of nitrogens with one attached hydrogen (secondary N) is 5. The SMILES string of the molecule is COc1cc(CNCCCNCCCCNCCCNCc2ccc(O)c(OC)c2)ccc1O.O=C1CCCc2[nH]ncc21. The van der Waals surface area contributed by atoms with Crippen molar-refractivity contribution >= 4 is 5.78 Å². The molecule has 0 radical (unpaired) electrons. The molecule has 2 aromatic carbocycles. The Morgan fingerprint density at radius 2 is 1.23 bits per heavy atom. The van der Waals surface area contributed by atoms with Crippen molar-refractivity contribution in [2.75, 3.05) is 53.5 Å². The van der Waals surface area contributed by atoms with Crippen LogP contribution in [0.3, 0.4) is 0 Å². The Morgan fingerprint density at radius 3 is 1.73 bits per heavy atom. The van der Waals surface area contributed by atoms with Gasteiger partial charge in [-0.2, -0.15) is 5.10 Å². The Hall–Kier alpha value is -3.64. The summed E-state index contributed by atoms with van der Waals surface area (Å²) in [6, 6.07) is 10.9. The average Bonchev–Trinajstić information content (AvgIpc) is 3.53. The number of phenolic OH excluding ortho intramolecular Hbond substituents is 2. The van der Waals surface area contributed by atoms with Gasteiger partial charge in [-0.3, -0.25) is 9.89 Å². The summed E-state index contributed by atoms with van der Waals surface area (Å²) in [5.41, 5.74) is 4.01. The van der Waals surface area contributed by atoms with Gasteiger partial charge in [0.1, 0.15) is 0 Å². The van der Waals surface area contributed by atoms with E-state index in [1.165, 1.54) is 12.8 Å². The highest BCUT2D eigenvalue weighted by molar-refractivity contribution is 5.97. The van der Waals surface area contributed by atoms with E-state index in [0.717, 1.165) is 100 Å². The van der Waals surface area contributed by atoms with Crippen LogP contribution in [0.15, 0.2) is 42.6 Å². The zero-order chi connectivity index (χ0) is 31.4. The molecule has 1 aliphatic carbocycles. The fraction of sp³-hybridized carbons (Fsp3) is 0.515. The Bertz CT molecular complexity index is 1180. The van der Waals surface area contributed by atoms with Gasteiger partial charge in [0.25, 0.3) is 0 Å². The summed E-state index contributed by atoms with van der Waals surface area (Å²) in [6.07, 6.45) is 8.76. The standard InChI is InChI=1S/C26H42N4O4.C7H8N2O/c1-33-25-17-21(7-9-23(25)31)19-29-15-5-13-27-11-3-4-12-28-14-6-16-30-20-22-8-10-24(32)26(18-22)34-2;10-7-3-1-2-6-5(7)4-8-9-6/h7-10,17-18,27-32H,3-6,11-16,19-20H2,1-2H3;4H,1-3H2,(H,8,9). The molecule has 0 atom stereocenters. The first kappa shape index (κ1) is 34.8. The number of benzene rings is 2. The van der Waals surface area contributed by atoms with E-state index in [0.29, 0.717) is 17.9 Å². The predicted octanol–water partition coefficient (Wildman–Crippen LogP) is 3.66. The van der Waals surface area contributed by atoms with Crippen LogP contribution in [-0.4, -0.2) is 79.7 Å². The summed E-state index contributed by atoms with van der Waals surface area (Å²) in [5, 5.41) is 39.7. The molecule has 1 aromatic heterocycles. The molecule has 11 heteroatoms. The van der Waals surface area contributed by atoms with Gasteiger partial charge in [-0.05, 0) is 113 Å². The second kappa shape index (κ2) is 20.3. The molecular weight excluding hydrogens is 560 g/mol. The minimum absolute atomic E-state index is 0.172. The van der Waals surface area contributed by atoms with E-state index in [2.05, 4.69) is 31.5 Å². The second-order valence-corrected chi connectivity index (χ2v) is 10.8. The molecule has 0 spiro atoms. The number of aromatic nitrogens is 2. The lowest BCUT2D eigenvalue weighted by molar-refractivity contribution is 0.0972. The number of ketones is 1. The number of fused-ring (bicyclic) bond motifs is 1. The number of phenols is 2. The minimum Gasteiger partial charge on any atom is -0.504 e. The Balaban J connectivity index is 0.000000440. The number of aryl methyl sites for hydroxylation is 1. The van der Waals surface area contributed by atoms with Crippen molar-refractivity contribution in [1.82, 2.24) is 31.5 Å². The van der Waals surface area contributed by atoms with E-state index in [-0.39, 0.29) is 17.3 Å². The van der Waals surface area contributed by atoms with Crippen molar-refractivity contribution in [1.29, 1.82) is 0 Å². The summed E-state index contributed by atoms with van der Waals surface area (Å²) in [5.74, 6) is 1.60. The number of Topliss-reactive ketones (excluding diaryl/α,β-unsaturated/α-hetero) is 1. The molecule has 44 heavy (non-hydrogen) atoms. The van der Waals surface area contributed by atoms with Gasteiger partial charge in [0.05, 0.1) is 26.0 Å². The fourth-order valence-electron chi connectivity index (χ4n) is 4.86. The lowest BCUT2D eigenvalue weighted by Crippen LogP contribution is -2.24. The fourth-order valence-corrected chi connectivity index (χ4v) is 4.86. The molecule has 4 rings (SSSR count). The van der Waals surface area contributed by atoms with Gasteiger partial charge in [0.2, 0.25) is 0 Å². The van der Waals surface area contributed by atoms with E-state index in [9.17, 15) is 15.0 Å². The first-order chi connectivity index (χ1) is 21.5. The Labute approximate surface area is 261 Å². The molecule has 0 saturated heterocycles. The van der Waals surface area contributed by atoms with Crippen LogP contribution >= 0.6 is 0 Å². The predicted molar refractivity (Wildman–Crippen MR) is 173 cm³/mol. The first-order valence-corrected chi connectivity index (χ1v) is 15.6. The number of nitrogens with zero attached hydrogens (tertiary/aromatic N) is 1. The highest BCUT2D eigenvalue weighted by atomic mass is 16.5. The zero-order valence-electron chi connectivity index (χ0n) is 26.2. The maximum Gasteiger partial charge on any atom is 0.166 e. The number of carbonyl (C=O) groups is 1. The molecule has 0 fully saturated rings. The summed E-state index contributed by atoms with van der Waals surface area (Å²) >= 11 is 0. The van der Waals surface area contributed by atoms with Crippen LogP contribution in [0.4, 0.5) is 0 Å². The van der Waals surface area contributed by atoms with Crippen LogP contribution in [0.1, 0.15) is 65.7 Å². The minimum atomic E-state index is 0.172. The van der Waals surface area contributed by atoms with Gasteiger partial charge in [-0.25, -0.2) is 0 Å². The second-order valence-electron chi connectivity index (χ2n) is 10.8. The van der Waals surface area contributed by atoms with Gasteiger partial charge in [-0.15, -0.1) is 0 Å². The molecule has 11 nitrogen and oxygen atoms in total.